The lowest BCUT2D eigenvalue weighted by Gasteiger charge is -2.11. The van der Waals surface area contributed by atoms with Crippen molar-refractivity contribution in [2.24, 2.45) is 0 Å². The molecule has 0 spiro atoms. The zero-order chi connectivity index (χ0) is 8.20. The second-order valence-corrected chi connectivity index (χ2v) is 3.11. The number of phosphoric ester groups is 1. The predicted molar refractivity (Wildman–Crippen MR) is 34.3 cm³/mol. The minimum Gasteiger partial charge on any atom is -0.396 e. The average Bonchev–Trinajstić information content (AvgIpc) is 1.59. The normalized spacial score (nSPS) is 15.2. The SMILES string of the molecule is CC(CCO)OP(=O)(O)O. The van der Waals surface area contributed by atoms with Crippen LogP contribution in [-0.4, -0.2) is 27.6 Å². The smallest absolute Gasteiger partial charge is 0.396 e. The summed E-state index contributed by atoms with van der Waals surface area (Å²) in [5.41, 5.74) is 0. The first-order valence-electron chi connectivity index (χ1n) is 2.80. The van der Waals surface area contributed by atoms with Crippen molar-refractivity contribution in [3.63, 3.8) is 0 Å². The molecule has 0 aliphatic heterocycles. The molecule has 0 fully saturated rings. The molecule has 0 bridgehead atoms. The van der Waals surface area contributed by atoms with Crippen molar-refractivity contribution in [1.82, 2.24) is 0 Å². The van der Waals surface area contributed by atoms with E-state index in [9.17, 15) is 4.57 Å². The van der Waals surface area contributed by atoms with Crippen LogP contribution in [0.4, 0.5) is 0 Å². The molecule has 0 aliphatic rings. The first-order valence-corrected chi connectivity index (χ1v) is 4.33. The van der Waals surface area contributed by atoms with Crippen molar-refractivity contribution in [2.75, 3.05) is 6.61 Å². The van der Waals surface area contributed by atoms with E-state index in [1.165, 1.54) is 6.92 Å². The van der Waals surface area contributed by atoms with E-state index >= 15 is 0 Å². The van der Waals surface area contributed by atoms with E-state index in [4.69, 9.17) is 14.9 Å². The van der Waals surface area contributed by atoms with E-state index in [-0.39, 0.29) is 13.0 Å². The van der Waals surface area contributed by atoms with Crippen LogP contribution in [0, 0.1) is 0 Å². The van der Waals surface area contributed by atoms with Gasteiger partial charge in [-0.2, -0.15) is 0 Å². The van der Waals surface area contributed by atoms with Crippen LogP contribution in [0.1, 0.15) is 13.3 Å². The molecule has 0 aromatic carbocycles. The average molecular weight is 170 g/mol. The van der Waals surface area contributed by atoms with Gasteiger partial charge in [0.1, 0.15) is 0 Å². The number of phosphoric acid groups is 1. The molecule has 0 saturated heterocycles. The van der Waals surface area contributed by atoms with E-state index in [0.29, 0.717) is 0 Å². The van der Waals surface area contributed by atoms with Gasteiger partial charge in [-0.3, -0.25) is 4.52 Å². The molecular weight excluding hydrogens is 159 g/mol. The summed E-state index contributed by atoms with van der Waals surface area (Å²) in [5, 5.41) is 8.30. The van der Waals surface area contributed by atoms with Crippen LogP contribution in [-0.2, 0) is 9.09 Å². The van der Waals surface area contributed by atoms with Crippen LogP contribution in [0.25, 0.3) is 0 Å². The molecule has 0 rings (SSSR count). The molecule has 0 radical (unpaired) electrons. The zero-order valence-electron chi connectivity index (χ0n) is 5.60. The Bertz CT molecular complexity index is 130. The maximum atomic E-state index is 10.1. The van der Waals surface area contributed by atoms with Gasteiger partial charge in [-0.15, -0.1) is 0 Å². The van der Waals surface area contributed by atoms with Crippen LogP contribution in [0.15, 0.2) is 0 Å². The fourth-order valence-electron chi connectivity index (χ4n) is 0.469. The van der Waals surface area contributed by atoms with Crippen LogP contribution < -0.4 is 0 Å². The van der Waals surface area contributed by atoms with Gasteiger partial charge in [-0.05, 0) is 13.3 Å². The molecule has 0 heterocycles. The lowest BCUT2D eigenvalue weighted by atomic mass is 10.3. The summed E-state index contributed by atoms with van der Waals surface area (Å²) >= 11 is 0. The minimum atomic E-state index is -4.36. The highest BCUT2D eigenvalue weighted by Crippen LogP contribution is 2.37. The predicted octanol–water partition coefficient (Wildman–Crippen LogP) is -0.133. The summed E-state index contributed by atoms with van der Waals surface area (Å²) in [6.07, 6.45) is -0.378. The standard InChI is InChI=1S/C4H11O5P/c1-4(2-3-5)9-10(6,7)8/h4-5H,2-3H2,1H3,(H2,6,7,8). The molecule has 0 saturated carbocycles. The van der Waals surface area contributed by atoms with Crippen molar-refractivity contribution in [3.05, 3.63) is 0 Å². The van der Waals surface area contributed by atoms with Gasteiger partial charge >= 0.3 is 7.82 Å². The summed E-state index contributed by atoms with van der Waals surface area (Å²) in [6.45, 7) is 1.34. The summed E-state index contributed by atoms with van der Waals surface area (Å²) < 4.78 is 14.3. The summed E-state index contributed by atoms with van der Waals surface area (Å²) in [7, 11) is -4.36. The summed E-state index contributed by atoms with van der Waals surface area (Å²) in [6, 6.07) is 0. The van der Waals surface area contributed by atoms with Gasteiger partial charge in [0.25, 0.3) is 0 Å². The Hall–Kier alpha value is 0.0700. The Balaban J connectivity index is 3.58. The first-order chi connectivity index (χ1) is 4.45. The van der Waals surface area contributed by atoms with Crippen molar-refractivity contribution >= 4 is 7.82 Å². The number of hydrogen-bond donors (Lipinski definition) is 3. The number of hydrogen-bond acceptors (Lipinski definition) is 3. The van der Waals surface area contributed by atoms with Crippen molar-refractivity contribution in [1.29, 1.82) is 0 Å². The van der Waals surface area contributed by atoms with Crippen molar-refractivity contribution < 1.29 is 24.0 Å². The van der Waals surface area contributed by atoms with E-state index in [2.05, 4.69) is 4.52 Å². The molecule has 0 aromatic heterocycles. The van der Waals surface area contributed by atoms with Gasteiger partial charge in [0, 0.05) is 6.61 Å². The van der Waals surface area contributed by atoms with Gasteiger partial charge in [-0.1, -0.05) is 0 Å². The second kappa shape index (κ2) is 4.05. The summed E-state index contributed by atoms with van der Waals surface area (Å²) in [5.74, 6) is 0. The van der Waals surface area contributed by atoms with Gasteiger partial charge in [0.05, 0.1) is 6.10 Å². The summed E-state index contributed by atoms with van der Waals surface area (Å²) in [4.78, 5) is 16.4. The quantitative estimate of drug-likeness (QED) is 0.511. The fraction of sp³-hybridized carbons (Fsp3) is 1.00. The van der Waals surface area contributed by atoms with E-state index in [1.807, 2.05) is 0 Å². The number of aliphatic hydroxyl groups is 1. The molecule has 0 amide bonds. The molecule has 3 N–H and O–H groups in total. The maximum Gasteiger partial charge on any atom is 0.469 e. The molecule has 5 nitrogen and oxygen atoms in total. The Morgan fingerprint density at radius 3 is 2.40 bits per heavy atom. The Kier molecular flexibility index (Phi) is 4.08. The lowest BCUT2D eigenvalue weighted by molar-refractivity contribution is 0.120. The Labute approximate surface area is 58.9 Å². The topological polar surface area (TPSA) is 87.0 Å². The molecule has 10 heavy (non-hydrogen) atoms. The Morgan fingerprint density at radius 2 is 2.10 bits per heavy atom. The Morgan fingerprint density at radius 1 is 1.60 bits per heavy atom. The monoisotopic (exact) mass is 170 g/mol. The van der Waals surface area contributed by atoms with Crippen molar-refractivity contribution in [3.8, 4) is 0 Å². The zero-order valence-corrected chi connectivity index (χ0v) is 6.49. The largest absolute Gasteiger partial charge is 0.469 e. The molecule has 0 aromatic rings. The molecule has 62 valence electrons. The van der Waals surface area contributed by atoms with Crippen LogP contribution >= 0.6 is 7.82 Å². The molecule has 1 unspecified atom stereocenters. The van der Waals surface area contributed by atoms with Crippen LogP contribution in [0.2, 0.25) is 0 Å². The number of rotatable bonds is 4. The van der Waals surface area contributed by atoms with E-state index in [0.717, 1.165) is 0 Å². The molecule has 1 atom stereocenters. The third-order valence-corrected chi connectivity index (χ3v) is 1.49. The minimum absolute atomic E-state index is 0.138. The van der Waals surface area contributed by atoms with Gasteiger partial charge in [0.15, 0.2) is 0 Å². The van der Waals surface area contributed by atoms with Gasteiger partial charge < -0.3 is 14.9 Å². The van der Waals surface area contributed by atoms with Gasteiger partial charge in [0.2, 0.25) is 0 Å². The lowest BCUT2D eigenvalue weighted by Crippen LogP contribution is -2.07. The first kappa shape index (κ1) is 10.1. The van der Waals surface area contributed by atoms with Crippen molar-refractivity contribution in [2.45, 2.75) is 19.4 Å². The molecular formula is C4H11O5P. The second-order valence-electron chi connectivity index (χ2n) is 1.92. The van der Waals surface area contributed by atoms with Crippen LogP contribution in [0.3, 0.4) is 0 Å². The highest BCUT2D eigenvalue weighted by molar-refractivity contribution is 7.46. The number of aliphatic hydroxyl groups excluding tert-OH is 1. The van der Waals surface area contributed by atoms with Crippen LogP contribution in [0.5, 0.6) is 0 Å². The molecule has 6 heteroatoms. The van der Waals surface area contributed by atoms with Gasteiger partial charge in [-0.25, -0.2) is 4.57 Å². The third-order valence-electron chi connectivity index (χ3n) is 0.853. The highest BCUT2D eigenvalue weighted by Gasteiger charge is 2.17. The van der Waals surface area contributed by atoms with E-state index in [1.54, 1.807) is 0 Å². The third kappa shape index (κ3) is 6.19. The molecule has 0 aliphatic carbocycles. The van der Waals surface area contributed by atoms with E-state index < -0.39 is 13.9 Å². The highest BCUT2D eigenvalue weighted by atomic mass is 31.2. The maximum absolute atomic E-state index is 10.1. The fourth-order valence-corrected chi connectivity index (χ4v) is 1.04.